The SMILES string of the molecule is COCc1ccc([S+]2CCOCC2)c2ccccc12. The van der Waals surface area contributed by atoms with Crippen LogP contribution in [0, 0.1) is 0 Å². The Bertz CT molecular complexity index is 562. The lowest BCUT2D eigenvalue weighted by atomic mass is 10.1. The van der Waals surface area contributed by atoms with Gasteiger partial charge in [0.05, 0.1) is 19.8 Å². The van der Waals surface area contributed by atoms with Gasteiger partial charge in [0.15, 0.2) is 4.90 Å². The van der Waals surface area contributed by atoms with Crippen molar-refractivity contribution in [2.24, 2.45) is 0 Å². The van der Waals surface area contributed by atoms with Gasteiger partial charge >= 0.3 is 0 Å². The molecule has 0 bridgehead atoms. The third kappa shape index (κ3) is 2.64. The largest absolute Gasteiger partial charge is 0.380 e. The average Bonchev–Trinajstić information content (AvgIpc) is 2.49. The summed E-state index contributed by atoms with van der Waals surface area (Å²) in [6, 6.07) is 13.2. The molecule has 0 N–H and O–H groups in total. The van der Waals surface area contributed by atoms with Gasteiger partial charge in [0.1, 0.15) is 11.5 Å². The second-order valence-corrected chi connectivity index (χ2v) is 6.96. The van der Waals surface area contributed by atoms with Crippen LogP contribution in [0.1, 0.15) is 5.56 Å². The Kier molecular flexibility index (Phi) is 4.06. The van der Waals surface area contributed by atoms with Crippen LogP contribution >= 0.6 is 0 Å². The Morgan fingerprint density at radius 2 is 1.79 bits per heavy atom. The van der Waals surface area contributed by atoms with Gasteiger partial charge in [-0.05, 0) is 23.1 Å². The normalized spacial score (nSPS) is 16.9. The van der Waals surface area contributed by atoms with Gasteiger partial charge in [-0.2, -0.15) is 0 Å². The molecular formula is C16H19O2S+. The molecule has 3 rings (SSSR count). The summed E-state index contributed by atoms with van der Waals surface area (Å²) in [6.07, 6.45) is 0. The molecule has 1 saturated heterocycles. The van der Waals surface area contributed by atoms with Gasteiger partial charge in [-0.25, -0.2) is 0 Å². The monoisotopic (exact) mass is 275 g/mol. The first-order valence-electron chi connectivity index (χ1n) is 6.65. The Labute approximate surface area is 117 Å². The maximum atomic E-state index is 5.48. The molecule has 1 heterocycles. The van der Waals surface area contributed by atoms with Gasteiger partial charge in [-0.15, -0.1) is 0 Å². The molecule has 0 aliphatic carbocycles. The zero-order valence-corrected chi connectivity index (χ0v) is 12.0. The molecule has 1 aliphatic rings. The third-order valence-electron chi connectivity index (χ3n) is 3.53. The summed E-state index contributed by atoms with van der Waals surface area (Å²) in [4.78, 5) is 1.50. The van der Waals surface area contributed by atoms with E-state index in [0.29, 0.717) is 17.5 Å². The van der Waals surface area contributed by atoms with Crippen molar-refractivity contribution in [2.75, 3.05) is 31.8 Å². The number of benzene rings is 2. The maximum absolute atomic E-state index is 5.48. The van der Waals surface area contributed by atoms with E-state index in [0.717, 1.165) is 24.7 Å². The molecule has 19 heavy (non-hydrogen) atoms. The lowest BCUT2D eigenvalue weighted by Gasteiger charge is -2.16. The topological polar surface area (TPSA) is 18.5 Å². The van der Waals surface area contributed by atoms with Crippen LogP contribution in [-0.2, 0) is 27.0 Å². The van der Waals surface area contributed by atoms with Crippen molar-refractivity contribution < 1.29 is 9.47 Å². The number of ether oxygens (including phenoxy) is 2. The van der Waals surface area contributed by atoms with Crippen LogP contribution in [0.15, 0.2) is 41.3 Å². The van der Waals surface area contributed by atoms with Crippen molar-refractivity contribution in [1.82, 2.24) is 0 Å². The van der Waals surface area contributed by atoms with Gasteiger partial charge in [0.2, 0.25) is 0 Å². The Hall–Kier alpha value is -1.03. The molecule has 0 radical (unpaired) electrons. The number of hydrogen-bond donors (Lipinski definition) is 0. The number of hydrogen-bond acceptors (Lipinski definition) is 2. The van der Waals surface area contributed by atoms with Crippen LogP contribution in [-0.4, -0.2) is 31.8 Å². The number of rotatable bonds is 3. The van der Waals surface area contributed by atoms with Crippen molar-refractivity contribution in [2.45, 2.75) is 11.5 Å². The van der Waals surface area contributed by atoms with Gasteiger partial charge in [0, 0.05) is 23.4 Å². The van der Waals surface area contributed by atoms with Crippen LogP contribution in [0.2, 0.25) is 0 Å². The second-order valence-electron chi connectivity index (χ2n) is 4.71. The Balaban J connectivity index is 2.07. The van der Waals surface area contributed by atoms with Crippen molar-refractivity contribution >= 4 is 21.7 Å². The van der Waals surface area contributed by atoms with E-state index in [2.05, 4.69) is 36.4 Å². The molecular weight excluding hydrogens is 256 g/mol. The van der Waals surface area contributed by atoms with Crippen molar-refractivity contribution in [1.29, 1.82) is 0 Å². The minimum absolute atomic E-state index is 0.339. The highest BCUT2D eigenvalue weighted by atomic mass is 32.2. The summed E-state index contributed by atoms with van der Waals surface area (Å²) in [6.45, 7) is 2.48. The zero-order chi connectivity index (χ0) is 13.1. The standard InChI is InChI=1S/C16H19O2S/c1-17-12-13-6-7-16(19-10-8-18-9-11-19)15-5-3-2-4-14(13)15/h2-7H,8-12H2,1H3/q+1. The minimum atomic E-state index is 0.339. The lowest BCUT2D eigenvalue weighted by molar-refractivity contribution is 0.159. The quantitative estimate of drug-likeness (QED) is 0.802. The summed E-state index contributed by atoms with van der Waals surface area (Å²) in [5, 5.41) is 2.73. The Morgan fingerprint density at radius 1 is 1.05 bits per heavy atom. The molecule has 1 fully saturated rings. The van der Waals surface area contributed by atoms with Crippen LogP contribution in [0.25, 0.3) is 10.8 Å². The van der Waals surface area contributed by atoms with E-state index in [1.54, 1.807) is 7.11 Å². The van der Waals surface area contributed by atoms with E-state index in [9.17, 15) is 0 Å². The van der Waals surface area contributed by atoms with E-state index >= 15 is 0 Å². The van der Waals surface area contributed by atoms with Crippen LogP contribution in [0.4, 0.5) is 0 Å². The first-order valence-corrected chi connectivity index (χ1v) is 8.21. The molecule has 2 aromatic rings. The molecule has 1 aliphatic heterocycles. The first kappa shape index (κ1) is 13.0. The molecule has 3 heteroatoms. The smallest absolute Gasteiger partial charge is 0.162 e. The van der Waals surface area contributed by atoms with Gasteiger partial charge in [-0.1, -0.05) is 24.3 Å². The van der Waals surface area contributed by atoms with Crippen LogP contribution in [0.3, 0.4) is 0 Å². The summed E-state index contributed by atoms with van der Waals surface area (Å²) < 4.78 is 10.8. The molecule has 0 atom stereocenters. The lowest BCUT2D eigenvalue weighted by Crippen LogP contribution is -2.26. The van der Waals surface area contributed by atoms with Crippen molar-refractivity contribution in [3.05, 3.63) is 42.0 Å². The van der Waals surface area contributed by atoms with E-state index in [-0.39, 0.29) is 0 Å². The average molecular weight is 275 g/mol. The summed E-state index contributed by atoms with van der Waals surface area (Å²) >= 11 is 0. The van der Waals surface area contributed by atoms with Crippen molar-refractivity contribution in [3.63, 3.8) is 0 Å². The molecule has 0 aromatic heterocycles. The zero-order valence-electron chi connectivity index (χ0n) is 11.2. The van der Waals surface area contributed by atoms with Crippen molar-refractivity contribution in [3.8, 4) is 0 Å². The molecule has 2 nitrogen and oxygen atoms in total. The predicted molar refractivity (Wildman–Crippen MR) is 80.8 cm³/mol. The summed E-state index contributed by atoms with van der Waals surface area (Å²) in [7, 11) is 2.09. The van der Waals surface area contributed by atoms with Crippen LogP contribution in [0.5, 0.6) is 0 Å². The first-order chi connectivity index (χ1) is 9.40. The number of fused-ring (bicyclic) bond motifs is 1. The van der Waals surface area contributed by atoms with Gasteiger partial charge in [0.25, 0.3) is 0 Å². The highest BCUT2D eigenvalue weighted by Gasteiger charge is 2.27. The predicted octanol–water partition coefficient (Wildman–Crippen LogP) is 2.99. The molecule has 100 valence electrons. The third-order valence-corrected chi connectivity index (χ3v) is 5.83. The van der Waals surface area contributed by atoms with E-state index < -0.39 is 0 Å². The molecule has 0 amide bonds. The second kappa shape index (κ2) is 5.95. The molecule has 0 saturated carbocycles. The van der Waals surface area contributed by atoms with E-state index in [4.69, 9.17) is 9.47 Å². The highest BCUT2D eigenvalue weighted by Crippen LogP contribution is 2.29. The van der Waals surface area contributed by atoms with Crippen LogP contribution < -0.4 is 0 Å². The molecule has 2 aromatic carbocycles. The summed E-state index contributed by atoms with van der Waals surface area (Å²) in [5.74, 6) is 2.32. The minimum Gasteiger partial charge on any atom is -0.380 e. The van der Waals surface area contributed by atoms with Gasteiger partial charge < -0.3 is 9.47 Å². The fourth-order valence-electron chi connectivity index (χ4n) is 2.61. The molecule has 0 unspecified atom stereocenters. The highest BCUT2D eigenvalue weighted by molar-refractivity contribution is 7.97. The summed E-state index contributed by atoms with van der Waals surface area (Å²) in [5.41, 5.74) is 1.28. The fraction of sp³-hybridized carbons (Fsp3) is 0.375. The molecule has 0 spiro atoms. The maximum Gasteiger partial charge on any atom is 0.162 e. The number of methoxy groups -OCH3 is 1. The Morgan fingerprint density at radius 3 is 2.53 bits per heavy atom. The van der Waals surface area contributed by atoms with Gasteiger partial charge in [-0.3, -0.25) is 0 Å². The van der Waals surface area contributed by atoms with E-state index in [1.165, 1.54) is 21.2 Å². The van der Waals surface area contributed by atoms with E-state index in [1.807, 2.05) is 0 Å². The fourth-order valence-corrected chi connectivity index (χ4v) is 4.64.